The van der Waals surface area contributed by atoms with Crippen molar-refractivity contribution < 1.29 is 18.3 Å². The minimum Gasteiger partial charge on any atom is -0.397 e. The summed E-state index contributed by atoms with van der Waals surface area (Å²) in [7, 11) is -2.24. The van der Waals surface area contributed by atoms with Crippen LogP contribution in [0.2, 0.25) is 0 Å². The Kier molecular flexibility index (Phi) is 5.55. The van der Waals surface area contributed by atoms with Gasteiger partial charge in [0.15, 0.2) is 0 Å². The first kappa shape index (κ1) is 15.7. The van der Waals surface area contributed by atoms with Crippen molar-refractivity contribution >= 4 is 21.4 Å². The van der Waals surface area contributed by atoms with Crippen LogP contribution in [0.15, 0.2) is 23.1 Å². The monoisotopic (exact) mass is 289 g/mol. The Morgan fingerprint density at radius 2 is 2.16 bits per heavy atom. The van der Waals surface area contributed by atoms with Crippen molar-refractivity contribution in [2.75, 3.05) is 31.4 Å². The molecule has 0 aliphatic heterocycles. The number of aliphatic hydroxyl groups excluding tert-OH is 1. The number of ether oxygens (including phenoxy) is 1. The molecule has 0 spiro atoms. The lowest BCUT2D eigenvalue weighted by Gasteiger charge is -2.19. The molecule has 0 aliphatic rings. The molecular formula is C11H19N3O4S. The number of benzene rings is 1. The number of nitrogens with two attached hydrogens (primary N) is 2. The van der Waals surface area contributed by atoms with Crippen LogP contribution in [-0.4, -0.2) is 39.9 Å². The van der Waals surface area contributed by atoms with Crippen LogP contribution in [-0.2, 0) is 14.8 Å². The number of hydrogen-bond acceptors (Lipinski definition) is 6. The molecule has 6 N–H and O–H groups in total. The van der Waals surface area contributed by atoms with Crippen molar-refractivity contribution in [2.24, 2.45) is 5.14 Å². The van der Waals surface area contributed by atoms with Crippen molar-refractivity contribution in [1.82, 2.24) is 0 Å². The normalized spacial score (nSPS) is 13.2. The van der Waals surface area contributed by atoms with Crippen LogP contribution < -0.4 is 16.2 Å². The molecule has 0 radical (unpaired) electrons. The van der Waals surface area contributed by atoms with Crippen molar-refractivity contribution in [3.63, 3.8) is 0 Å². The number of nitrogen functional groups attached to an aromatic ring is 1. The molecule has 1 rings (SSSR count). The van der Waals surface area contributed by atoms with Crippen molar-refractivity contribution in [3.8, 4) is 0 Å². The van der Waals surface area contributed by atoms with E-state index in [9.17, 15) is 8.42 Å². The molecule has 19 heavy (non-hydrogen) atoms. The lowest BCUT2D eigenvalue weighted by molar-refractivity contribution is 0.170. The van der Waals surface area contributed by atoms with Crippen LogP contribution in [0.3, 0.4) is 0 Å². The highest BCUT2D eigenvalue weighted by molar-refractivity contribution is 7.89. The van der Waals surface area contributed by atoms with E-state index in [2.05, 4.69) is 5.32 Å². The van der Waals surface area contributed by atoms with E-state index in [1.165, 1.54) is 25.3 Å². The molecule has 0 aromatic heterocycles. The van der Waals surface area contributed by atoms with Crippen molar-refractivity contribution in [3.05, 3.63) is 18.2 Å². The predicted octanol–water partition coefficient (Wildman–Crippen LogP) is -0.274. The van der Waals surface area contributed by atoms with Crippen LogP contribution in [0.5, 0.6) is 0 Å². The molecule has 0 amide bonds. The molecule has 108 valence electrons. The number of rotatable bonds is 7. The van der Waals surface area contributed by atoms with Crippen LogP contribution in [0.25, 0.3) is 0 Å². The first-order chi connectivity index (χ1) is 8.88. The molecule has 1 unspecified atom stereocenters. The van der Waals surface area contributed by atoms with Crippen LogP contribution in [0.4, 0.5) is 11.4 Å². The van der Waals surface area contributed by atoms with E-state index in [1.54, 1.807) is 0 Å². The van der Waals surface area contributed by atoms with Gasteiger partial charge in [-0.15, -0.1) is 0 Å². The molecule has 0 aliphatic carbocycles. The van der Waals surface area contributed by atoms with Gasteiger partial charge < -0.3 is 20.9 Å². The van der Waals surface area contributed by atoms with Crippen molar-refractivity contribution in [1.29, 1.82) is 0 Å². The highest BCUT2D eigenvalue weighted by atomic mass is 32.2. The van der Waals surface area contributed by atoms with Gasteiger partial charge in [-0.1, -0.05) is 0 Å². The Hall–Kier alpha value is -1.35. The third kappa shape index (κ3) is 4.67. The van der Waals surface area contributed by atoms with Crippen LogP contribution in [0.1, 0.15) is 6.42 Å². The summed E-state index contributed by atoms with van der Waals surface area (Å²) in [4.78, 5) is -0.0237. The Balaban J connectivity index is 2.98. The van der Waals surface area contributed by atoms with Gasteiger partial charge in [0, 0.05) is 13.7 Å². The number of methoxy groups -OCH3 is 1. The maximum Gasteiger partial charge on any atom is 0.238 e. The summed E-state index contributed by atoms with van der Waals surface area (Å²) in [6.07, 6.45) is 0.451. The second-order valence-electron chi connectivity index (χ2n) is 4.10. The number of nitrogens with one attached hydrogen (secondary N) is 1. The molecule has 0 saturated heterocycles. The van der Waals surface area contributed by atoms with E-state index >= 15 is 0 Å². The van der Waals surface area contributed by atoms with Gasteiger partial charge in [-0.3, -0.25) is 0 Å². The number of aliphatic hydroxyl groups is 1. The number of hydrogen-bond donors (Lipinski definition) is 4. The summed E-state index contributed by atoms with van der Waals surface area (Å²) >= 11 is 0. The van der Waals surface area contributed by atoms with Crippen LogP contribution in [0, 0.1) is 0 Å². The smallest absolute Gasteiger partial charge is 0.238 e. The second-order valence-corrected chi connectivity index (χ2v) is 5.66. The van der Waals surface area contributed by atoms with E-state index in [0.717, 1.165) is 0 Å². The topological polar surface area (TPSA) is 128 Å². The Labute approximate surface area is 112 Å². The zero-order valence-corrected chi connectivity index (χ0v) is 11.5. The highest BCUT2D eigenvalue weighted by Crippen LogP contribution is 2.23. The van der Waals surface area contributed by atoms with Gasteiger partial charge in [0.25, 0.3) is 0 Å². The first-order valence-electron chi connectivity index (χ1n) is 5.67. The molecule has 0 saturated carbocycles. The molecule has 8 heteroatoms. The van der Waals surface area contributed by atoms with Gasteiger partial charge >= 0.3 is 0 Å². The van der Waals surface area contributed by atoms with Gasteiger partial charge in [-0.2, -0.15) is 0 Å². The van der Waals surface area contributed by atoms with Gasteiger partial charge in [0.1, 0.15) is 0 Å². The summed E-state index contributed by atoms with van der Waals surface area (Å²) in [6.45, 7) is 0.343. The van der Waals surface area contributed by atoms with E-state index in [-0.39, 0.29) is 17.5 Å². The third-order valence-electron chi connectivity index (χ3n) is 2.56. The minimum atomic E-state index is -3.78. The fraction of sp³-hybridized carbons (Fsp3) is 0.455. The second kappa shape index (κ2) is 6.71. The van der Waals surface area contributed by atoms with E-state index < -0.39 is 10.0 Å². The summed E-state index contributed by atoms with van der Waals surface area (Å²) in [5, 5.41) is 17.0. The fourth-order valence-corrected chi connectivity index (χ4v) is 2.15. The largest absolute Gasteiger partial charge is 0.397 e. The van der Waals surface area contributed by atoms with Gasteiger partial charge in [-0.05, 0) is 24.6 Å². The zero-order valence-electron chi connectivity index (χ0n) is 10.7. The number of sulfonamides is 1. The molecule has 0 heterocycles. The van der Waals surface area contributed by atoms with Gasteiger partial charge in [0.05, 0.1) is 28.9 Å². The average molecular weight is 289 g/mol. The SMILES string of the molecule is COCC(CCO)Nc1cc(S(N)(=O)=O)ccc1N. The van der Waals surface area contributed by atoms with E-state index in [1.807, 2.05) is 0 Å². The molecule has 1 aromatic carbocycles. The zero-order chi connectivity index (χ0) is 14.5. The fourth-order valence-electron chi connectivity index (χ4n) is 1.61. The molecule has 0 fully saturated rings. The Morgan fingerprint density at radius 1 is 1.47 bits per heavy atom. The average Bonchev–Trinajstić information content (AvgIpc) is 2.31. The third-order valence-corrected chi connectivity index (χ3v) is 3.47. The lowest BCUT2D eigenvalue weighted by atomic mass is 10.2. The Morgan fingerprint density at radius 3 is 2.68 bits per heavy atom. The predicted molar refractivity (Wildman–Crippen MR) is 73.2 cm³/mol. The molecular weight excluding hydrogens is 270 g/mol. The summed E-state index contributed by atoms with van der Waals surface area (Å²) in [5.41, 5.74) is 6.61. The molecule has 0 bridgehead atoms. The number of anilines is 2. The molecule has 1 atom stereocenters. The van der Waals surface area contributed by atoms with E-state index in [0.29, 0.717) is 24.4 Å². The summed E-state index contributed by atoms with van der Waals surface area (Å²) < 4.78 is 27.6. The standard InChI is InChI=1S/C11H19N3O4S/c1-18-7-8(4-5-15)14-11-6-9(19(13,16)17)2-3-10(11)12/h2-3,6,8,14-15H,4-5,7,12H2,1H3,(H2,13,16,17). The van der Waals surface area contributed by atoms with Gasteiger partial charge in [-0.25, -0.2) is 13.6 Å². The number of primary sulfonamides is 1. The maximum atomic E-state index is 11.3. The summed E-state index contributed by atoms with van der Waals surface area (Å²) in [5.74, 6) is 0. The van der Waals surface area contributed by atoms with Gasteiger partial charge in [0.2, 0.25) is 10.0 Å². The molecule has 7 nitrogen and oxygen atoms in total. The highest BCUT2D eigenvalue weighted by Gasteiger charge is 2.13. The molecule has 1 aromatic rings. The maximum absolute atomic E-state index is 11.3. The first-order valence-corrected chi connectivity index (χ1v) is 7.21. The minimum absolute atomic E-state index is 0.0180. The Bertz CT molecular complexity index is 513. The summed E-state index contributed by atoms with van der Waals surface area (Å²) in [6, 6.07) is 4.00. The van der Waals surface area contributed by atoms with Crippen LogP contribution >= 0.6 is 0 Å². The van der Waals surface area contributed by atoms with Crippen molar-refractivity contribution in [2.45, 2.75) is 17.4 Å². The quantitative estimate of drug-likeness (QED) is 0.511. The lowest BCUT2D eigenvalue weighted by Crippen LogP contribution is -2.26. The van der Waals surface area contributed by atoms with E-state index in [4.69, 9.17) is 20.7 Å².